The Morgan fingerprint density at radius 3 is 2.44 bits per heavy atom. The maximum Gasteiger partial charge on any atom is 0.182 e. The lowest BCUT2D eigenvalue weighted by atomic mass is 9.87. The van der Waals surface area contributed by atoms with E-state index >= 15 is 0 Å². The lowest BCUT2D eigenvalue weighted by molar-refractivity contribution is 0.552. The summed E-state index contributed by atoms with van der Waals surface area (Å²) in [7, 11) is 0. The highest BCUT2D eigenvalue weighted by molar-refractivity contribution is 5.79. The molecule has 3 nitrogen and oxygen atoms in total. The van der Waals surface area contributed by atoms with Gasteiger partial charge in [-0.25, -0.2) is 4.98 Å². The molecule has 0 N–H and O–H groups in total. The number of pyridine rings is 1. The molecular formula is C13H18N2O. The number of fused-ring (bicyclic) bond motifs is 1. The molecule has 16 heavy (non-hydrogen) atoms. The van der Waals surface area contributed by atoms with Gasteiger partial charge in [0.2, 0.25) is 0 Å². The van der Waals surface area contributed by atoms with Crippen LogP contribution in [0, 0.1) is 0 Å². The van der Waals surface area contributed by atoms with Gasteiger partial charge in [0.05, 0.1) is 5.69 Å². The van der Waals surface area contributed by atoms with Gasteiger partial charge in [0.1, 0.15) is 5.52 Å². The molecule has 0 spiro atoms. The fraction of sp³-hybridized carbons (Fsp3) is 0.538. The SMILES string of the molecule is CC(C)c1ncc(C(C)(C)C)c2ocnc12. The molecule has 3 heteroatoms. The van der Waals surface area contributed by atoms with Crippen molar-refractivity contribution in [2.75, 3.05) is 0 Å². The third-order valence-electron chi connectivity index (χ3n) is 2.74. The molecule has 0 aliphatic carbocycles. The Bertz CT molecular complexity index is 506. The van der Waals surface area contributed by atoms with Crippen LogP contribution in [-0.2, 0) is 5.41 Å². The molecule has 0 unspecified atom stereocenters. The van der Waals surface area contributed by atoms with Crippen molar-refractivity contribution in [2.45, 2.75) is 46.0 Å². The standard InChI is InChI=1S/C13H18N2O/c1-8(2)10-11-12(16-7-15-11)9(6-14-10)13(3,4)5/h6-8H,1-5H3. The fourth-order valence-corrected chi connectivity index (χ4v) is 1.83. The summed E-state index contributed by atoms with van der Waals surface area (Å²) in [5, 5.41) is 0. The molecular weight excluding hydrogens is 200 g/mol. The van der Waals surface area contributed by atoms with Crippen LogP contribution in [0.5, 0.6) is 0 Å². The van der Waals surface area contributed by atoms with Crippen LogP contribution < -0.4 is 0 Å². The third kappa shape index (κ3) is 1.70. The van der Waals surface area contributed by atoms with Crippen LogP contribution in [0.25, 0.3) is 11.1 Å². The lowest BCUT2D eigenvalue weighted by Gasteiger charge is -2.19. The highest BCUT2D eigenvalue weighted by Gasteiger charge is 2.22. The first-order valence-corrected chi connectivity index (χ1v) is 5.64. The molecule has 0 saturated heterocycles. The van der Waals surface area contributed by atoms with Crippen LogP contribution in [0.2, 0.25) is 0 Å². The van der Waals surface area contributed by atoms with Gasteiger partial charge >= 0.3 is 0 Å². The first kappa shape index (κ1) is 11.1. The summed E-state index contributed by atoms with van der Waals surface area (Å²) < 4.78 is 5.52. The summed E-state index contributed by atoms with van der Waals surface area (Å²) in [5.41, 5.74) is 3.94. The first-order chi connectivity index (χ1) is 7.41. The van der Waals surface area contributed by atoms with Gasteiger partial charge in [0, 0.05) is 11.8 Å². The number of aromatic nitrogens is 2. The molecule has 86 valence electrons. The zero-order valence-corrected chi connectivity index (χ0v) is 10.5. The Morgan fingerprint density at radius 1 is 1.19 bits per heavy atom. The van der Waals surface area contributed by atoms with Crippen LogP contribution in [-0.4, -0.2) is 9.97 Å². The van der Waals surface area contributed by atoms with E-state index in [1.807, 2.05) is 6.20 Å². The van der Waals surface area contributed by atoms with Gasteiger partial charge in [-0.2, -0.15) is 0 Å². The van der Waals surface area contributed by atoms with E-state index in [0.717, 1.165) is 22.4 Å². The molecule has 0 atom stereocenters. The molecule has 0 amide bonds. The Kier molecular flexibility index (Phi) is 2.49. The molecule has 2 heterocycles. The molecule has 2 aromatic rings. The molecule has 0 aromatic carbocycles. The number of hydrogen-bond donors (Lipinski definition) is 0. The number of oxazole rings is 1. The minimum absolute atomic E-state index is 0.0281. The highest BCUT2D eigenvalue weighted by atomic mass is 16.3. The van der Waals surface area contributed by atoms with Crippen molar-refractivity contribution in [3.8, 4) is 0 Å². The second kappa shape index (κ2) is 3.58. The van der Waals surface area contributed by atoms with Gasteiger partial charge in [-0.15, -0.1) is 0 Å². The first-order valence-electron chi connectivity index (χ1n) is 5.64. The highest BCUT2D eigenvalue weighted by Crippen LogP contribution is 2.31. The van der Waals surface area contributed by atoms with Crippen molar-refractivity contribution in [1.82, 2.24) is 9.97 Å². The van der Waals surface area contributed by atoms with Crippen molar-refractivity contribution in [2.24, 2.45) is 0 Å². The Hall–Kier alpha value is -1.38. The van der Waals surface area contributed by atoms with E-state index in [9.17, 15) is 0 Å². The van der Waals surface area contributed by atoms with Crippen LogP contribution in [0.3, 0.4) is 0 Å². The van der Waals surface area contributed by atoms with E-state index in [2.05, 4.69) is 44.6 Å². The number of nitrogens with zero attached hydrogens (tertiary/aromatic N) is 2. The summed E-state index contributed by atoms with van der Waals surface area (Å²) in [5.74, 6) is 0.363. The number of rotatable bonds is 1. The van der Waals surface area contributed by atoms with Gasteiger partial charge in [-0.05, 0) is 11.3 Å². The van der Waals surface area contributed by atoms with Crippen molar-refractivity contribution >= 4 is 11.1 Å². The topological polar surface area (TPSA) is 38.9 Å². The molecule has 0 saturated carbocycles. The molecule has 2 rings (SSSR count). The average molecular weight is 218 g/mol. The molecule has 0 aliphatic rings. The quantitative estimate of drug-likeness (QED) is 0.733. The zero-order chi connectivity index (χ0) is 11.9. The van der Waals surface area contributed by atoms with E-state index in [1.165, 1.54) is 6.39 Å². The summed E-state index contributed by atoms with van der Waals surface area (Å²) in [6.45, 7) is 10.7. The smallest absolute Gasteiger partial charge is 0.182 e. The Morgan fingerprint density at radius 2 is 1.88 bits per heavy atom. The maximum atomic E-state index is 5.52. The summed E-state index contributed by atoms with van der Waals surface area (Å²) in [4.78, 5) is 8.81. The van der Waals surface area contributed by atoms with E-state index in [4.69, 9.17) is 4.42 Å². The van der Waals surface area contributed by atoms with Crippen LogP contribution >= 0.6 is 0 Å². The molecule has 0 radical (unpaired) electrons. The van der Waals surface area contributed by atoms with Crippen molar-refractivity contribution in [1.29, 1.82) is 0 Å². The normalized spacial score (nSPS) is 12.6. The van der Waals surface area contributed by atoms with Crippen LogP contribution in [0.15, 0.2) is 17.0 Å². The molecule has 0 bridgehead atoms. The Labute approximate surface area is 95.9 Å². The molecule has 0 fully saturated rings. The minimum atomic E-state index is 0.0281. The average Bonchev–Trinajstić information content (AvgIpc) is 2.61. The summed E-state index contributed by atoms with van der Waals surface area (Å²) in [6, 6.07) is 0. The largest absolute Gasteiger partial charge is 0.443 e. The van der Waals surface area contributed by atoms with Gasteiger partial charge in [-0.1, -0.05) is 34.6 Å². The van der Waals surface area contributed by atoms with Gasteiger partial charge in [0.15, 0.2) is 12.0 Å². The lowest BCUT2D eigenvalue weighted by Crippen LogP contribution is -2.12. The van der Waals surface area contributed by atoms with E-state index < -0.39 is 0 Å². The van der Waals surface area contributed by atoms with Gasteiger partial charge in [0.25, 0.3) is 0 Å². The minimum Gasteiger partial charge on any atom is -0.443 e. The van der Waals surface area contributed by atoms with E-state index in [0.29, 0.717) is 5.92 Å². The third-order valence-corrected chi connectivity index (χ3v) is 2.74. The van der Waals surface area contributed by atoms with Gasteiger partial charge < -0.3 is 4.42 Å². The van der Waals surface area contributed by atoms with E-state index in [1.54, 1.807) is 0 Å². The fourth-order valence-electron chi connectivity index (χ4n) is 1.83. The summed E-state index contributed by atoms with van der Waals surface area (Å²) >= 11 is 0. The van der Waals surface area contributed by atoms with Crippen LogP contribution in [0.4, 0.5) is 0 Å². The predicted octanol–water partition coefficient (Wildman–Crippen LogP) is 3.64. The van der Waals surface area contributed by atoms with Gasteiger partial charge in [-0.3, -0.25) is 4.98 Å². The molecule has 2 aromatic heterocycles. The van der Waals surface area contributed by atoms with Crippen molar-refractivity contribution < 1.29 is 4.42 Å². The van der Waals surface area contributed by atoms with Crippen molar-refractivity contribution in [3.05, 3.63) is 23.8 Å². The Balaban J connectivity index is 2.74. The van der Waals surface area contributed by atoms with Crippen LogP contribution in [0.1, 0.15) is 51.8 Å². The van der Waals surface area contributed by atoms with E-state index in [-0.39, 0.29) is 5.41 Å². The second-order valence-corrected chi connectivity index (χ2v) is 5.49. The monoisotopic (exact) mass is 218 g/mol. The second-order valence-electron chi connectivity index (χ2n) is 5.49. The molecule has 0 aliphatic heterocycles. The predicted molar refractivity (Wildman–Crippen MR) is 64.6 cm³/mol. The number of hydrogen-bond acceptors (Lipinski definition) is 3. The maximum absolute atomic E-state index is 5.52. The summed E-state index contributed by atoms with van der Waals surface area (Å²) in [6.07, 6.45) is 3.43. The van der Waals surface area contributed by atoms with Crippen molar-refractivity contribution in [3.63, 3.8) is 0 Å². The zero-order valence-electron chi connectivity index (χ0n) is 10.5.